The van der Waals surface area contributed by atoms with Crippen LogP contribution in [0.25, 0.3) is 0 Å². The van der Waals surface area contributed by atoms with Crippen molar-refractivity contribution >= 4 is 23.7 Å². The van der Waals surface area contributed by atoms with Crippen molar-refractivity contribution in [3.8, 4) is 0 Å². The highest BCUT2D eigenvalue weighted by Gasteiger charge is 2.77. The van der Waals surface area contributed by atoms with Crippen molar-refractivity contribution in [2.75, 3.05) is 7.11 Å². The lowest BCUT2D eigenvalue weighted by molar-refractivity contribution is -0.243. The molecule has 0 aromatic heterocycles. The summed E-state index contributed by atoms with van der Waals surface area (Å²) in [6.45, 7) is 8.00. The summed E-state index contributed by atoms with van der Waals surface area (Å²) in [6.07, 6.45) is 3.05. The number of esters is 3. The molecule has 13 atom stereocenters. The van der Waals surface area contributed by atoms with Crippen molar-refractivity contribution in [2.45, 2.75) is 102 Å². The van der Waals surface area contributed by atoms with E-state index in [4.69, 9.17) is 18.9 Å². The Balaban J connectivity index is 1.51. The Kier molecular flexibility index (Phi) is 6.39. The third kappa shape index (κ3) is 3.53. The lowest BCUT2D eigenvalue weighted by atomic mass is 9.48. The predicted molar refractivity (Wildman–Crippen MR) is 142 cm³/mol. The number of carbonyl (C=O) groups is 4. The van der Waals surface area contributed by atoms with Crippen LogP contribution in [0.4, 0.5) is 0 Å². The van der Waals surface area contributed by atoms with E-state index < -0.39 is 64.0 Å². The van der Waals surface area contributed by atoms with Gasteiger partial charge in [0.25, 0.3) is 0 Å². The molecule has 10 heteroatoms. The highest BCUT2D eigenvalue weighted by atomic mass is 16.6. The highest BCUT2D eigenvalue weighted by molar-refractivity contribution is 5.89. The minimum Gasteiger partial charge on any atom is -0.459 e. The first kappa shape index (κ1) is 28.8. The maximum absolute atomic E-state index is 14.0. The van der Waals surface area contributed by atoms with E-state index in [1.807, 2.05) is 19.9 Å². The summed E-state index contributed by atoms with van der Waals surface area (Å²) in [5.74, 6) is -4.56. The van der Waals surface area contributed by atoms with Crippen molar-refractivity contribution in [3.63, 3.8) is 0 Å². The second-order valence-electron chi connectivity index (χ2n) is 13.9. The number of allylic oxidation sites excluding steroid dienone is 1. The van der Waals surface area contributed by atoms with Crippen molar-refractivity contribution in [2.24, 2.45) is 46.8 Å². The number of hydrogen-bond donors (Lipinski definition) is 2. The Bertz CT molecular complexity index is 1220. The molecule has 1 aliphatic heterocycles. The summed E-state index contributed by atoms with van der Waals surface area (Å²) >= 11 is 0. The number of ketones is 1. The van der Waals surface area contributed by atoms with Crippen molar-refractivity contribution in [1.82, 2.24) is 0 Å². The quantitative estimate of drug-likeness (QED) is 0.381. The molecule has 0 aromatic rings. The van der Waals surface area contributed by atoms with Gasteiger partial charge in [-0.05, 0) is 63.9 Å². The van der Waals surface area contributed by atoms with E-state index in [0.717, 1.165) is 0 Å². The van der Waals surface area contributed by atoms with Gasteiger partial charge >= 0.3 is 17.9 Å². The first-order valence-electron chi connectivity index (χ1n) is 15.0. The molecule has 4 saturated carbocycles. The van der Waals surface area contributed by atoms with Gasteiger partial charge in [-0.1, -0.05) is 6.92 Å². The maximum atomic E-state index is 14.0. The molecule has 1 saturated heterocycles. The van der Waals surface area contributed by atoms with Crippen molar-refractivity contribution < 1.29 is 48.3 Å². The minimum absolute atomic E-state index is 0.176. The normalized spacial score (nSPS) is 51.7. The van der Waals surface area contributed by atoms with Gasteiger partial charge in [-0.15, -0.1) is 0 Å². The zero-order chi connectivity index (χ0) is 29.9. The lowest BCUT2D eigenvalue weighted by Gasteiger charge is -2.61. The molecule has 6 aliphatic rings. The van der Waals surface area contributed by atoms with Gasteiger partial charge in [-0.25, -0.2) is 4.79 Å². The fourth-order valence-corrected chi connectivity index (χ4v) is 10.7. The van der Waals surface area contributed by atoms with Crippen molar-refractivity contribution in [3.05, 3.63) is 11.8 Å². The molecule has 41 heavy (non-hydrogen) atoms. The molecule has 1 heterocycles. The van der Waals surface area contributed by atoms with Gasteiger partial charge < -0.3 is 29.2 Å². The molecule has 0 amide bonds. The number of methoxy groups -OCH3 is 1. The summed E-state index contributed by atoms with van der Waals surface area (Å²) in [7, 11) is 1.61. The second kappa shape index (κ2) is 9.10. The fraction of sp³-hybridized carbons (Fsp3) is 0.806. The van der Waals surface area contributed by atoms with Crippen LogP contribution in [0.5, 0.6) is 0 Å². The number of rotatable bonds is 3. The van der Waals surface area contributed by atoms with Gasteiger partial charge in [0.2, 0.25) is 0 Å². The van der Waals surface area contributed by atoms with Gasteiger partial charge in [-0.3, -0.25) is 14.4 Å². The molecule has 6 rings (SSSR count). The third-order valence-electron chi connectivity index (χ3n) is 12.3. The van der Waals surface area contributed by atoms with Crippen LogP contribution in [0.1, 0.15) is 73.1 Å². The average Bonchev–Trinajstić information content (AvgIpc) is 3.32. The zero-order valence-corrected chi connectivity index (χ0v) is 24.7. The molecular weight excluding hydrogens is 532 g/mol. The van der Waals surface area contributed by atoms with Crippen LogP contribution in [-0.2, 0) is 38.1 Å². The predicted octanol–water partition coefficient (Wildman–Crippen LogP) is 2.48. The first-order valence-corrected chi connectivity index (χ1v) is 15.0. The molecule has 5 aliphatic carbocycles. The Hall–Kier alpha value is -2.30. The second-order valence-corrected chi connectivity index (χ2v) is 13.9. The molecule has 0 radical (unpaired) electrons. The molecule has 226 valence electrons. The van der Waals surface area contributed by atoms with Crippen LogP contribution in [0.3, 0.4) is 0 Å². The van der Waals surface area contributed by atoms with E-state index in [0.29, 0.717) is 44.3 Å². The Morgan fingerprint density at radius 2 is 1.66 bits per heavy atom. The lowest BCUT2D eigenvalue weighted by Crippen LogP contribution is -2.70. The molecular formula is C31H42O10. The number of ether oxygens (including phenoxy) is 4. The van der Waals surface area contributed by atoms with Crippen molar-refractivity contribution in [1.29, 1.82) is 0 Å². The summed E-state index contributed by atoms with van der Waals surface area (Å²) in [6, 6.07) is 0. The number of aliphatic hydroxyl groups is 2. The van der Waals surface area contributed by atoms with E-state index in [9.17, 15) is 29.4 Å². The number of carbonyl (C=O) groups excluding carboxylic acids is 4. The smallest absolute Gasteiger partial charge is 0.343 e. The van der Waals surface area contributed by atoms with Gasteiger partial charge in [0.05, 0.1) is 17.4 Å². The molecule has 10 nitrogen and oxygen atoms in total. The number of fused-ring (bicyclic) bond motifs is 9. The fourth-order valence-electron chi connectivity index (χ4n) is 10.7. The van der Waals surface area contributed by atoms with E-state index in [-0.39, 0.29) is 35.6 Å². The molecule has 5 fully saturated rings. The summed E-state index contributed by atoms with van der Waals surface area (Å²) in [4.78, 5) is 52.2. The van der Waals surface area contributed by atoms with Crippen LogP contribution in [0.2, 0.25) is 0 Å². The molecule has 0 spiro atoms. The van der Waals surface area contributed by atoms with Gasteiger partial charge in [-0.2, -0.15) is 0 Å². The number of aliphatic hydroxyl groups excluding tert-OH is 1. The van der Waals surface area contributed by atoms with E-state index >= 15 is 0 Å². The van der Waals surface area contributed by atoms with Gasteiger partial charge in [0.1, 0.15) is 23.1 Å². The maximum Gasteiger partial charge on any atom is 0.343 e. The van der Waals surface area contributed by atoms with E-state index in [1.165, 1.54) is 20.8 Å². The summed E-state index contributed by atoms with van der Waals surface area (Å²) in [5, 5.41) is 23.3. The standard InChI is InChI=1S/C31H42O10/c1-14-11-22-28(4,29(5,37)27(36)39-22)21-12-20-23-18(9-10-30(20,24(14)21)40-15(2)32)31(41-16(3)33)13-17(38-6)7-8-19(31)25(34)26(23)35/h11,14,17-21,23-24,26,35,37H,7-10,12-13H2,1-6H3/t14-,17+,18?,19?,20?,21?,23?,24+,26?,28?,29?,30?,31?/m1/s1. The number of hydrogen-bond acceptors (Lipinski definition) is 10. The molecule has 2 N–H and O–H groups in total. The third-order valence-corrected chi connectivity index (χ3v) is 12.3. The Morgan fingerprint density at radius 3 is 2.29 bits per heavy atom. The molecule has 0 aromatic carbocycles. The van der Waals surface area contributed by atoms with Gasteiger partial charge in [0.15, 0.2) is 11.4 Å². The van der Waals surface area contributed by atoms with Gasteiger partial charge in [0, 0.05) is 51.0 Å². The molecule has 10 unspecified atom stereocenters. The average molecular weight is 575 g/mol. The topological polar surface area (TPSA) is 146 Å². The zero-order valence-electron chi connectivity index (χ0n) is 24.7. The first-order chi connectivity index (χ1) is 19.2. The Morgan fingerprint density at radius 1 is 1.00 bits per heavy atom. The van der Waals surface area contributed by atoms with E-state index in [2.05, 4.69) is 0 Å². The SMILES string of the molecule is CO[C@H]1CCC2C(=O)C(O)C3C(CCC4(OC(C)=O)C3CC3[C@@H]4[C@H](C)C=C4OC(=O)C(C)(O)C43C)C2(OC(C)=O)C1. The number of Topliss-reactive ketones (excluding diaryl/α,β-unsaturated/α-hetero) is 1. The minimum atomic E-state index is -1.81. The Labute approximate surface area is 240 Å². The largest absolute Gasteiger partial charge is 0.459 e. The summed E-state index contributed by atoms with van der Waals surface area (Å²) in [5.41, 5.74) is -5.09. The van der Waals surface area contributed by atoms with Crippen LogP contribution >= 0.6 is 0 Å². The molecule has 0 bridgehead atoms. The monoisotopic (exact) mass is 574 g/mol. The summed E-state index contributed by atoms with van der Waals surface area (Å²) < 4.78 is 23.8. The highest BCUT2D eigenvalue weighted by Crippen LogP contribution is 2.71. The van der Waals surface area contributed by atoms with Crippen LogP contribution < -0.4 is 0 Å². The van der Waals surface area contributed by atoms with Crippen LogP contribution in [0, 0.1) is 46.8 Å². The van der Waals surface area contributed by atoms with Crippen LogP contribution in [0.15, 0.2) is 11.8 Å². The van der Waals surface area contributed by atoms with E-state index in [1.54, 1.807) is 7.11 Å². The van der Waals surface area contributed by atoms with Crippen LogP contribution in [-0.4, -0.2) is 70.0 Å².